The second kappa shape index (κ2) is 30.3. The minimum absolute atomic E-state index is 0. The van der Waals surface area contributed by atoms with Crippen LogP contribution in [0.15, 0.2) is 103 Å². The molecule has 6 aromatic rings. The van der Waals surface area contributed by atoms with Crippen molar-refractivity contribution < 1.29 is 47.6 Å². The van der Waals surface area contributed by atoms with E-state index in [0.29, 0.717) is 91.3 Å². The van der Waals surface area contributed by atoms with Gasteiger partial charge in [-0.3, -0.25) is 9.59 Å². The van der Waals surface area contributed by atoms with Gasteiger partial charge in [0.2, 0.25) is 5.92 Å². The Bertz CT molecular complexity index is 3250. The molecular formula is C61H68Cl6F2N6O8. The molecule has 4 aromatic carbocycles. The van der Waals surface area contributed by atoms with Crippen molar-refractivity contribution in [2.45, 2.75) is 94.6 Å². The second-order valence-corrected chi connectivity index (χ2v) is 22.7. The number of carboxylic acid groups (broad SMARTS) is 2. The number of hydrogen-bond donors (Lipinski definition) is 4. The Hall–Kier alpha value is -5.82. The first kappa shape index (κ1) is 68.0. The summed E-state index contributed by atoms with van der Waals surface area (Å²) in [4.78, 5) is 64.6. The van der Waals surface area contributed by atoms with Crippen LogP contribution in [0, 0.1) is 6.92 Å². The van der Waals surface area contributed by atoms with Crippen LogP contribution in [0.3, 0.4) is 0 Å². The fraction of sp³-hybridized carbons (Fsp3) is 0.377. The number of nitrogens with one attached hydrogen (secondary N) is 2. The van der Waals surface area contributed by atoms with E-state index in [2.05, 4.69) is 25.4 Å². The molecule has 83 heavy (non-hydrogen) atoms. The SMILES string of the molecule is CN(C)CCCOc1cc(-c2nc(C(=O)NC3(C(=O)O)CCCCC3)ccc2-c2ccc(Cl)cc2Cl)ccc1Cl.Cc1ccccc1-c1ccc(C(=O)NC2(C(=O)O)CCC(F)(F)CC2)nc1-c1ccc(Cl)c(OCCCN(C)C)c1.Cl.Cl. The van der Waals surface area contributed by atoms with Crippen LogP contribution in [-0.4, -0.2) is 125 Å². The van der Waals surface area contributed by atoms with Gasteiger partial charge in [0, 0.05) is 63.8 Å². The largest absolute Gasteiger partial charge is 0.492 e. The maximum atomic E-state index is 13.8. The first-order valence-electron chi connectivity index (χ1n) is 26.7. The molecule has 0 unspecified atom stereocenters. The standard InChI is InChI=1S/C31H34ClF2N3O4.C30H32Cl3N3O4.2ClH/c1-20-7-4-5-8-22(20)23-10-12-25(28(38)36-30(29(39)40)13-15-31(33,34)16-14-30)35-27(23)21-9-11-24(32)26(19-21)41-18-6-17-37(2)3;1-36(2)15-6-16-40-26-17-19(7-11-23(26)32)27-22(21-9-8-20(31)18-24(21)33)10-12-25(34-27)28(37)35-30(29(38)39)13-4-3-5-14-30;;/h4-5,7-12,19H,6,13-18H2,1-3H3,(H,36,38)(H,39,40);7-12,17-18H,3-6,13-16H2,1-2H3,(H,35,37)(H,38,39);2*1H. The molecule has 2 fully saturated rings. The Morgan fingerprint density at radius 2 is 1.00 bits per heavy atom. The molecule has 446 valence electrons. The summed E-state index contributed by atoms with van der Waals surface area (Å²) in [5.74, 6) is -5.65. The van der Waals surface area contributed by atoms with Gasteiger partial charge in [-0.2, -0.15) is 0 Å². The smallest absolute Gasteiger partial charge is 0.329 e. The summed E-state index contributed by atoms with van der Waals surface area (Å²) >= 11 is 25.6. The topological polar surface area (TPSA) is 184 Å². The Morgan fingerprint density at radius 3 is 1.45 bits per heavy atom. The van der Waals surface area contributed by atoms with Gasteiger partial charge in [0.15, 0.2) is 0 Å². The molecule has 2 aliphatic rings. The summed E-state index contributed by atoms with van der Waals surface area (Å²) in [7, 11) is 7.96. The third-order valence-corrected chi connectivity index (χ3v) is 15.6. The summed E-state index contributed by atoms with van der Waals surface area (Å²) < 4.78 is 39.5. The Kier molecular flexibility index (Phi) is 24.8. The highest BCUT2D eigenvalue weighted by molar-refractivity contribution is 6.36. The lowest BCUT2D eigenvalue weighted by Crippen LogP contribution is -2.57. The van der Waals surface area contributed by atoms with Crippen LogP contribution in [0.5, 0.6) is 11.5 Å². The molecule has 8 rings (SSSR count). The zero-order chi connectivity index (χ0) is 58.6. The molecule has 0 atom stereocenters. The molecule has 22 heteroatoms. The number of nitrogens with zero attached hydrogens (tertiary/aromatic N) is 4. The number of aryl methyl sites for hydroxylation is 1. The molecule has 0 bridgehead atoms. The number of amides is 2. The van der Waals surface area contributed by atoms with Gasteiger partial charge in [0.1, 0.15) is 34.0 Å². The monoisotopic (exact) mass is 1260 g/mol. The highest BCUT2D eigenvalue weighted by Gasteiger charge is 2.49. The van der Waals surface area contributed by atoms with E-state index >= 15 is 0 Å². The molecule has 0 spiro atoms. The number of carbonyl (C=O) groups is 4. The Labute approximate surface area is 515 Å². The van der Waals surface area contributed by atoms with Gasteiger partial charge in [-0.1, -0.05) is 108 Å². The van der Waals surface area contributed by atoms with Crippen LogP contribution in [0.4, 0.5) is 8.78 Å². The maximum absolute atomic E-state index is 13.8. The number of benzene rings is 4. The van der Waals surface area contributed by atoms with Crippen LogP contribution in [0.1, 0.15) is 97.2 Å². The lowest BCUT2D eigenvalue weighted by molar-refractivity contribution is -0.150. The van der Waals surface area contributed by atoms with E-state index in [-0.39, 0.29) is 49.0 Å². The van der Waals surface area contributed by atoms with Gasteiger partial charge >= 0.3 is 11.9 Å². The second-order valence-electron chi connectivity index (χ2n) is 21.0. The van der Waals surface area contributed by atoms with E-state index in [0.717, 1.165) is 61.9 Å². The minimum atomic E-state index is -2.95. The number of alkyl halides is 2. The third-order valence-electron chi connectivity index (χ3n) is 14.4. The molecule has 0 radical (unpaired) electrons. The molecule has 0 aliphatic heterocycles. The van der Waals surface area contributed by atoms with Crippen molar-refractivity contribution in [3.8, 4) is 56.3 Å². The summed E-state index contributed by atoms with van der Waals surface area (Å²) in [5, 5.41) is 26.9. The zero-order valence-corrected chi connectivity index (χ0v) is 51.3. The van der Waals surface area contributed by atoms with Crippen molar-refractivity contribution in [3.05, 3.63) is 140 Å². The third kappa shape index (κ3) is 17.6. The molecule has 2 saturated carbocycles. The molecule has 4 N–H and O–H groups in total. The van der Waals surface area contributed by atoms with Gasteiger partial charge in [-0.05, 0) is 145 Å². The molecule has 2 aromatic heterocycles. The van der Waals surface area contributed by atoms with Crippen molar-refractivity contribution in [3.63, 3.8) is 0 Å². The molecule has 2 amide bonds. The summed E-state index contributed by atoms with van der Waals surface area (Å²) in [5.41, 5.74) is 3.23. The highest BCUT2D eigenvalue weighted by Crippen LogP contribution is 2.42. The zero-order valence-electron chi connectivity index (χ0n) is 46.6. The van der Waals surface area contributed by atoms with Crippen molar-refractivity contribution in [2.24, 2.45) is 0 Å². The van der Waals surface area contributed by atoms with Crippen molar-refractivity contribution in [2.75, 3.05) is 54.5 Å². The van der Waals surface area contributed by atoms with Crippen molar-refractivity contribution in [1.82, 2.24) is 30.4 Å². The number of ether oxygens (including phenoxy) is 2. The van der Waals surface area contributed by atoms with E-state index in [1.807, 2.05) is 59.4 Å². The average Bonchev–Trinajstić information content (AvgIpc) is 3.54. The summed E-state index contributed by atoms with van der Waals surface area (Å²) in [6.45, 7) is 4.62. The number of halogens is 8. The van der Waals surface area contributed by atoms with Gasteiger partial charge in [0.25, 0.3) is 11.8 Å². The fourth-order valence-electron chi connectivity index (χ4n) is 9.82. The number of hydrogen-bond acceptors (Lipinski definition) is 10. The van der Waals surface area contributed by atoms with Crippen molar-refractivity contribution >= 4 is 95.0 Å². The van der Waals surface area contributed by atoms with E-state index in [1.54, 1.807) is 72.8 Å². The number of pyridine rings is 2. The van der Waals surface area contributed by atoms with Gasteiger partial charge < -0.3 is 40.1 Å². The maximum Gasteiger partial charge on any atom is 0.329 e. The van der Waals surface area contributed by atoms with E-state index in [1.165, 1.54) is 6.07 Å². The lowest BCUT2D eigenvalue weighted by atomic mass is 9.79. The van der Waals surface area contributed by atoms with Gasteiger partial charge in [-0.25, -0.2) is 28.3 Å². The lowest BCUT2D eigenvalue weighted by Gasteiger charge is -2.37. The summed E-state index contributed by atoms with van der Waals surface area (Å²) in [6, 6.07) is 30.1. The highest BCUT2D eigenvalue weighted by atomic mass is 35.5. The van der Waals surface area contributed by atoms with Gasteiger partial charge in [0.05, 0.1) is 34.6 Å². The number of rotatable bonds is 20. The fourth-order valence-corrected chi connectivity index (χ4v) is 10.7. The number of aromatic nitrogens is 2. The molecule has 0 saturated heterocycles. The van der Waals surface area contributed by atoms with Crippen LogP contribution in [-0.2, 0) is 9.59 Å². The predicted octanol–water partition coefficient (Wildman–Crippen LogP) is 14.5. The average molecular weight is 1260 g/mol. The molecule has 2 aliphatic carbocycles. The number of carboxylic acids is 2. The number of carbonyl (C=O) groups excluding carboxylic acids is 2. The van der Waals surface area contributed by atoms with E-state index in [9.17, 15) is 38.2 Å². The van der Waals surface area contributed by atoms with Crippen LogP contribution in [0.2, 0.25) is 20.1 Å². The predicted molar refractivity (Wildman–Crippen MR) is 329 cm³/mol. The van der Waals surface area contributed by atoms with E-state index in [4.69, 9.17) is 60.9 Å². The van der Waals surface area contributed by atoms with Gasteiger partial charge in [-0.15, -0.1) is 24.8 Å². The first-order valence-corrected chi connectivity index (χ1v) is 28.2. The minimum Gasteiger partial charge on any atom is -0.492 e. The van der Waals surface area contributed by atoms with Crippen LogP contribution >= 0.6 is 71.2 Å². The van der Waals surface area contributed by atoms with Crippen LogP contribution in [0.25, 0.3) is 44.8 Å². The number of aliphatic carboxylic acids is 2. The molecule has 2 heterocycles. The molecule has 14 nitrogen and oxygen atoms in total. The Morgan fingerprint density at radius 1 is 0.554 bits per heavy atom. The van der Waals surface area contributed by atoms with Crippen molar-refractivity contribution in [1.29, 1.82) is 0 Å². The molecular weight excluding hydrogens is 1200 g/mol. The normalized spacial score (nSPS) is 14.9. The van der Waals surface area contributed by atoms with Crippen LogP contribution < -0.4 is 20.1 Å². The first-order chi connectivity index (χ1) is 38.5. The summed E-state index contributed by atoms with van der Waals surface area (Å²) in [6.07, 6.45) is 2.81. The quantitative estimate of drug-likeness (QED) is 0.0532. The van der Waals surface area contributed by atoms with E-state index < -0.39 is 53.6 Å². The Balaban J connectivity index is 0.000000297.